The highest BCUT2D eigenvalue weighted by atomic mass is 16.3. The minimum atomic E-state index is -0.587. The molecule has 0 amide bonds. The molecule has 1 aliphatic carbocycles. The maximum absolute atomic E-state index is 9.83. The molecular weight excluding hydrogens is 238 g/mol. The standard InChI is InChI=1S/C15H15N3O/c1-10(19)13-5-2-11(9-16)8-15(13)18-7-6-14(17-18)12-3-4-12/h2,5-8,10,12,19H,3-4H2,1H3/t10-/m0/s1. The quantitative estimate of drug-likeness (QED) is 0.914. The topological polar surface area (TPSA) is 61.8 Å². The fourth-order valence-corrected chi connectivity index (χ4v) is 2.23. The first-order valence-electron chi connectivity index (χ1n) is 6.47. The summed E-state index contributed by atoms with van der Waals surface area (Å²) in [5, 5.41) is 23.4. The molecule has 0 aliphatic heterocycles. The van der Waals surface area contributed by atoms with Crippen molar-refractivity contribution in [3.8, 4) is 11.8 Å². The molecule has 4 heteroatoms. The van der Waals surface area contributed by atoms with Crippen molar-refractivity contribution in [1.29, 1.82) is 5.26 Å². The highest BCUT2D eigenvalue weighted by molar-refractivity contribution is 5.48. The molecule has 0 spiro atoms. The van der Waals surface area contributed by atoms with Crippen LogP contribution in [-0.4, -0.2) is 14.9 Å². The van der Waals surface area contributed by atoms with Crippen LogP contribution in [0.25, 0.3) is 5.69 Å². The van der Waals surface area contributed by atoms with Gasteiger partial charge in [0.2, 0.25) is 0 Å². The Morgan fingerprint density at radius 1 is 1.42 bits per heavy atom. The second-order valence-corrected chi connectivity index (χ2v) is 5.02. The molecule has 1 fully saturated rings. The van der Waals surface area contributed by atoms with E-state index in [9.17, 15) is 5.11 Å². The van der Waals surface area contributed by atoms with Crippen LogP contribution in [0.2, 0.25) is 0 Å². The van der Waals surface area contributed by atoms with Crippen molar-refractivity contribution < 1.29 is 5.11 Å². The Balaban J connectivity index is 2.07. The van der Waals surface area contributed by atoms with E-state index in [-0.39, 0.29) is 0 Å². The number of aliphatic hydroxyl groups excluding tert-OH is 1. The molecular formula is C15H15N3O. The lowest BCUT2D eigenvalue weighted by atomic mass is 10.1. The monoisotopic (exact) mass is 253 g/mol. The Hall–Kier alpha value is -2.12. The number of benzene rings is 1. The third-order valence-electron chi connectivity index (χ3n) is 3.46. The van der Waals surface area contributed by atoms with Crippen LogP contribution in [0.15, 0.2) is 30.5 Å². The van der Waals surface area contributed by atoms with Gasteiger partial charge in [0.05, 0.1) is 29.1 Å². The number of aliphatic hydroxyl groups is 1. The summed E-state index contributed by atoms with van der Waals surface area (Å²) in [5.74, 6) is 0.593. The predicted molar refractivity (Wildman–Crippen MR) is 70.9 cm³/mol. The fraction of sp³-hybridized carbons (Fsp3) is 0.333. The smallest absolute Gasteiger partial charge is 0.0992 e. The van der Waals surface area contributed by atoms with E-state index >= 15 is 0 Å². The molecule has 2 aromatic rings. The molecule has 0 unspecified atom stereocenters. The van der Waals surface area contributed by atoms with E-state index in [4.69, 9.17) is 5.26 Å². The Morgan fingerprint density at radius 3 is 2.84 bits per heavy atom. The number of rotatable bonds is 3. The minimum Gasteiger partial charge on any atom is -0.389 e. The summed E-state index contributed by atoms with van der Waals surface area (Å²) in [6.07, 6.45) is 3.73. The summed E-state index contributed by atoms with van der Waals surface area (Å²) in [7, 11) is 0. The lowest BCUT2D eigenvalue weighted by molar-refractivity contribution is 0.199. The van der Waals surface area contributed by atoms with Crippen LogP contribution in [-0.2, 0) is 0 Å². The van der Waals surface area contributed by atoms with Gasteiger partial charge >= 0.3 is 0 Å². The summed E-state index contributed by atoms with van der Waals surface area (Å²) in [6.45, 7) is 1.72. The van der Waals surface area contributed by atoms with Gasteiger partial charge in [0.15, 0.2) is 0 Å². The van der Waals surface area contributed by atoms with Gasteiger partial charge in [-0.25, -0.2) is 4.68 Å². The molecule has 1 atom stereocenters. The van der Waals surface area contributed by atoms with Crippen LogP contribution in [0.4, 0.5) is 0 Å². The van der Waals surface area contributed by atoms with Crippen molar-refractivity contribution in [2.45, 2.75) is 31.8 Å². The van der Waals surface area contributed by atoms with Gasteiger partial charge in [-0.1, -0.05) is 6.07 Å². The molecule has 4 nitrogen and oxygen atoms in total. The van der Waals surface area contributed by atoms with Crippen molar-refractivity contribution in [3.63, 3.8) is 0 Å². The Kier molecular flexibility index (Phi) is 2.84. The van der Waals surface area contributed by atoms with Crippen LogP contribution in [0.1, 0.15) is 48.6 Å². The average molecular weight is 253 g/mol. The second kappa shape index (κ2) is 4.52. The van der Waals surface area contributed by atoms with Gasteiger partial charge in [0, 0.05) is 17.7 Å². The van der Waals surface area contributed by atoms with Gasteiger partial charge in [-0.15, -0.1) is 0 Å². The van der Waals surface area contributed by atoms with E-state index in [0.717, 1.165) is 16.9 Å². The summed E-state index contributed by atoms with van der Waals surface area (Å²) in [6, 6.07) is 9.42. The Labute approximate surface area is 111 Å². The van der Waals surface area contributed by atoms with Crippen molar-refractivity contribution in [2.75, 3.05) is 0 Å². The zero-order valence-electron chi connectivity index (χ0n) is 10.7. The first-order valence-corrected chi connectivity index (χ1v) is 6.47. The number of nitriles is 1. The summed E-state index contributed by atoms with van der Waals surface area (Å²) in [5.41, 5.74) is 3.23. The van der Waals surface area contributed by atoms with Crippen LogP contribution in [0, 0.1) is 11.3 Å². The van der Waals surface area contributed by atoms with Gasteiger partial charge in [-0.05, 0) is 38.0 Å². The molecule has 1 heterocycles. The van der Waals surface area contributed by atoms with Crippen LogP contribution < -0.4 is 0 Å². The molecule has 1 aliphatic rings. The molecule has 1 saturated carbocycles. The number of aromatic nitrogens is 2. The molecule has 1 aromatic heterocycles. The molecule has 19 heavy (non-hydrogen) atoms. The summed E-state index contributed by atoms with van der Waals surface area (Å²) >= 11 is 0. The SMILES string of the molecule is C[C@H](O)c1ccc(C#N)cc1-n1ccc(C2CC2)n1. The second-order valence-electron chi connectivity index (χ2n) is 5.02. The minimum absolute atomic E-state index is 0.572. The zero-order chi connectivity index (χ0) is 13.4. The van der Waals surface area contributed by atoms with E-state index in [0.29, 0.717) is 11.5 Å². The van der Waals surface area contributed by atoms with Crippen LogP contribution in [0.5, 0.6) is 0 Å². The number of nitrogens with zero attached hydrogens (tertiary/aromatic N) is 3. The number of hydrogen-bond acceptors (Lipinski definition) is 3. The predicted octanol–water partition coefficient (Wildman–Crippen LogP) is 2.67. The molecule has 0 saturated heterocycles. The maximum atomic E-state index is 9.83. The molecule has 96 valence electrons. The van der Waals surface area contributed by atoms with Crippen molar-refractivity contribution in [3.05, 3.63) is 47.3 Å². The van der Waals surface area contributed by atoms with Gasteiger partial charge in [-0.3, -0.25) is 0 Å². The summed E-state index contributed by atoms with van der Waals surface area (Å²) in [4.78, 5) is 0. The molecule has 3 rings (SSSR count). The van der Waals surface area contributed by atoms with Crippen LogP contribution >= 0.6 is 0 Å². The maximum Gasteiger partial charge on any atom is 0.0992 e. The molecule has 0 bridgehead atoms. The van der Waals surface area contributed by atoms with Crippen LogP contribution in [0.3, 0.4) is 0 Å². The van der Waals surface area contributed by atoms with E-state index in [1.165, 1.54) is 12.8 Å². The van der Waals surface area contributed by atoms with E-state index in [1.54, 1.807) is 29.8 Å². The van der Waals surface area contributed by atoms with Crippen molar-refractivity contribution in [2.24, 2.45) is 0 Å². The Morgan fingerprint density at radius 2 is 2.21 bits per heavy atom. The van der Waals surface area contributed by atoms with Gasteiger partial charge < -0.3 is 5.11 Å². The average Bonchev–Trinajstić information content (AvgIpc) is 3.15. The fourth-order valence-electron chi connectivity index (χ4n) is 2.23. The molecule has 1 N–H and O–H groups in total. The van der Waals surface area contributed by atoms with Gasteiger partial charge in [0.1, 0.15) is 0 Å². The van der Waals surface area contributed by atoms with Gasteiger partial charge in [0.25, 0.3) is 0 Å². The highest BCUT2D eigenvalue weighted by Gasteiger charge is 2.26. The summed E-state index contributed by atoms with van der Waals surface area (Å²) < 4.78 is 1.76. The highest BCUT2D eigenvalue weighted by Crippen LogP contribution is 2.39. The Bertz CT molecular complexity index is 648. The van der Waals surface area contributed by atoms with E-state index in [2.05, 4.69) is 11.2 Å². The van der Waals surface area contributed by atoms with E-state index < -0.39 is 6.10 Å². The third-order valence-corrected chi connectivity index (χ3v) is 3.46. The molecule has 0 radical (unpaired) electrons. The lowest BCUT2D eigenvalue weighted by Gasteiger charge is -2.12. The van der Waals surface area contributed by atoms with E-state index in [1.807, 2.05) is 12.3 Å². The largest absolute Gasteiger partial charge is 0.389 e. The first kappa shape index (κ1) is 11.9. The van der Waals surface area contributed by atoms with Gasteiger partial charge in [-0.2, -0.15) is 10.4 Å². The number of hydrogen-bond donors (Lipinski definition) is 1. The van der Waals surface area contributed by atoms with Crippen molar-refractivity contribution in [1.82, 2.24) is 9.78 Å². The normalized spacial score (nSPS) is 16.1. The zero-order valence-corrected chi connectivity index (χ0v) is 10.7. The van der Waals surface area contributed by atoms with Crippen molar-refractivity contribution >= 4 is 0 Å². The first-order chi connectivity index (χ1) is 9.19. The lowest BCUT2D eigenvalue weighted by Crippen LogP contribution is -2.04. The molecule has 1 aromatic carbocycles. The third kappa shape index (κ3) is 2.25.